The molecular weight excluding hydrogens is 511 g/mol. The van der Waals surface area contributed by atoms with E-state index in [0.717, 1.165) is 3.57 Å². The normalized spacial score (nSPS) is 11.3. The average Bonchev–Trinajstić information content (AvgIpc) is 2.35. The molecule has 1 N–H and O–H groups in total. The lowest BCUT2D eigenvalue weighted by Gasteiger charge is -2.09. The Kier molecular flexibility index (Phi) is 4.85. The monoisotopic (exact) mass is 516 g/mol. The van der Waals surface area contributed by atoms with Crippen molar-refractivity contribution in [2.24, 2.45) is 0 Å². The van der Waals surface area contributed by atoms with Crippen molar-refractivity contribution >= 4 is 70.3 Å². The summed E-state index contributed by atoms with van der Waals surface area (Å²) < 4.78 is 29.1. The van der Waals surface area contributed by atoms with Crippen LogP contribution in [0.25, 0.3) is 0 Å². The Hall–Kier alpha value is -0.190. The molecule has 0 spiro atoms. The Bertz CT molecular complexity index is 705. The predicted molar refractivity (Wildman–Crippen MR) is 89.6 cm³/mol. The molecule has 0 aliphatic heterocycles. The number of sulfonamides is 1. The fourth-order valence-electron chi connectivity index (χ4n) is 1.31. The van der Waals surface area contributed by atoms with Gasteiger partial charge >= 0.3 is 0 Å². The highest BCUT2D eigenvalue weighted by atomic mass is 127. The third-order valence-corrected chi connectivity index (χ3v) is 5.63. The number of halogens is 3. The maximum Gasteiger partial charge on any atom is 0.264 e. The van der Waals surface area contributed by atoms with Crippen molar-refractivity contribution in [2.75, 3.05) is 4.72 Å². The Morgan fingerprint density at radius 1 is 1.16 bits per heavy atom. The third-order valence-electron chi connectivity index (χ3n) is 2.15. The second-order valence-corrected chi connectivity index (χ2v) is 8.21. The smallest absolute Gasteiger partial charge is 0.263 e. The van der Waals surface area contributed by atoms with Crippen molar-refractivity contribution in [1.29, 1.82) is 0 Å². The van der Waals surface area contributed by atoms with E-state index in [-0.39, 0.29) is 10.7 Å². The Morgan fingerprint density at radius 2 is 1.89 bits per heavy atom. The van der Waals surface area contributed by atoms with Crippen LogP contribution in [-0.4, -0.2) is 13.4 Å². The SMILES string of the molecule is O=S(=O)(Nc1ccc(I)cn1)c1cc(Br)ccc1Br. The van der Waals surface area contributed by atoms with E-state index in [9.17, 15) is 8.42 Å². The van der Waals surface area contributed by atoms with Crippen molar-refractivity contribution in [3.63, 3.8) is 0 Å². The molecular formula is C11H7Br2IN2O2S. The number of anilines is 1. The maximum absolute atomic E-state index is 12.3. The number of benzene rings is 1. The molecule has 0 fully saturated rings. The molecule has 100 valence electrons. The van der Waals surface area contributed by atoms with Crippen LogP contribution in [0.2, 0.25) is 0 Å². The average molecular weight is 518 g/mol. The molecule has 0 aliphatic rings. The summed E-state index contributed by atoms with van der Waals surface area (Å²) in [6.07, 6.45) is 1.59. The molecule has 0 radical (unpaired) electrons. The number of hydrogen-bond donors (Lipinski definition) is 1. The van der Waals surface area contributed by atoms with Gasteiger partial charge < -0.3 is 0 Å². The fraction of sp³-hybridized carbons (Fsp3) is 0. The molecule has 19 heavy (non-hydrogen) atoms. The summed E-state index contributed by atoms with van der Waals surface area (Å²) in [5.41, 5.74) is 0. The van der Waals surface area contributed by atoms with Crippen LogP contribution in [0.1, 0.15) is 0 Å². The van der Waals surface area contributed by atoms with Crippen molar-refractivity contribution in [3.05, 3.63) is 49.0 Å². The minimum atomic E-state index is -3.67. The van der Waals surface area contributed by atoms with E-state index in [1.807, 2.05) is 0 Å². The van der Waals surface area contributed by atoms with E-state index in [1.165, 1.54) is 6.07 Å². The molecule has 1 heterocycles. The quantitative estimate of drug-likeness (QED) is 0.626. The topological polar surface area (TPSA) is 59.1 Å². The number of pyridine rings is 1. The summed E-state index contributed by atoms with van der Waals surface area (Å²) in [6.45, 7) is 0. The molecule has 1 aromatic heterocycles. The fourth-order valence-corrected chi connectivity index (χ4v) is 4.14. The van der Waals surface area contributed by atoms with Crippen molar-refractivity contribution in [3.8, 4) is 0 Å². The molecule has 2 aromatic rings. The zero-order chi connectivity index (χ0) is 14.0. The molecule has 2 rings (SSSR count). The standard InChI is InChI=1S/C11H7Br2IN2O2S/c12-7-1-3-9(13)10(5-7)19(17,18)16-11-4-2-8(14)6-15-11/h1-6H,(H,15,16). The summed E-state index contributed by atoms with van der Waals surface area (Å²) in [5.74, 6) is 0.285. The summed E-state index contributed by atoms with van der Waals surface area (Å²) >= 11 is 8.59. The van der Waals surface area contributed by atoms with Crippen LogP contribution in [0.3, 0.4) is 0 Å². The van der Waals surface area contributed by atoms with Gasteiger partial charge in [0.25, 0.3) is 10.0 Å². The Balaban J connectivity index is 2.37. The molecule has 0 aliphatic carbocycles. The van der Waals surface area contributed by atoms with Gasteiger partial charge in [-0.15, -0.1) is 0 Å². The highest BCUT2D eigenvalue weighted by Gasteiger charge is 2.18. The van der Waals surface area contributed by atoms with E-state index >= 15 is 0 Å². The maximum atomic E-state index is 12.3. The van der Waals surface area contributed by atoms with E-state index in [0.29, 0.717) is 8.95 Å². The highest BCUT2D eigenvalue weighted by molar-refractivity contribution is 14.1. The lowest BCUT2D eigenvalue weighted by atomic mass is 10.4. The number of nitrogens with zero attached hydrogens (tertiary/aromatic N) is 1. The molecule has 1 aromatic carbocycles. The number of hydrogen-bond acceptors (Lipinski definition) is 3. The van der Waals surface area contributed by atoms with Gasteiger partial charge in [-0.2, -0.15) is 0 Å². The van der Waals surface area contributed by atoms with E-state index in [2.05, 4.69) is 64.2 Å². The summed E-state index contributed by atoms with van der Waals surface area (Å²) in [4.78, 5) is 4.17. The molecule has 4 nitrogen and oxygen atoms in total. The number of rotatable bonds is 3. The van der Waals surface area contributed by atoms with Crippen molar-refractivity contribution in [1.82, 2.24) is 4.98 Å². The lowest BCUT2D eigenvalue weighted by Crippen LogP contribution is -2.14. The first-order valence-electron chi connectivity index (χ1n) is 4.98. The zero-order valence-electron chi connectivity index (χ0n) is 9.27. The molecule has 8 heteroatoms. The van der Waals surface area contributed by atoms with Crippen LogP contribution in [0, 0.1) is 3.57 Å². The first-order valence-corrected chi connectivity index (χ1v) is 9.13. The van der Waals surface area contributed by atoms with Crippen LogP contribution < -0.4 is 4.72 Å². The molecule has 0 unspecified atom stereocenters. The second-order valence-electron chi connectivity index (χ2n) is 3.54. The second kappa shape index (κ2) is 6.06. The van der Waals surface area contributed by atoms with Gasteiger partial charge in [0.1, 0.15) is 10.7 Å². The van der Waals surface area contributed by atoms with Crippen LogP contribution in [0.5, 0.6) is 0 Å². The van der Waals surface area contributed by atoms with Gasteiger partial charge in [-0.3, -0.25) is 4.72 Å². The minimum Gasteiger partial charge on any atom is -0.263 e. The van der Waals surface area contributed by atoms with Gasteiger partial charge in [0.15, 0.2) is 0 Å². The molecule has 0 bridgehead atoms. The van der Waals surface area contributed by atoms with Gasteiger partial charge in [0.2, 0.25) is 0 Å². The van der Waals surface area contributed by atoms with Gasteiger partial charge in [0, 0.05) is 18.7 Å². The Labute approximate surface area is 141 Å². The Morgan fingerprint density at radius 3 is 2.53 bits per heavy atom. The number of aromatic nitrogens is 1. The van der Waals surface area contributed by atoms with Crippen LogP contribution in [0.4, 0.5) is 5.82 Å². The van der Waals surface area contributed by atoms with E-state index in [1.54, 1.807) is 30.5 Å². The first-order chi connectivity index (χ1) is 8.88. The van der Waals surface area contributed by atoms with Crippen molar-refractivity contribution in [2.45, 2.75) is 4.90 Å². The van der Waals surface area contributed by atoms with Gasteiger partial charge in [0.05, 0.1) is 0 Å². The largest absolute Gasteiger partial charge is 0.264 e. The molecule has 0 saturated carbocycles. The number of nitrogens with one attached hydrogen (secondary N) is 1. The van der Waals surface area contributed by atoms with Crippen LogP contribution >= 0.6 is 54.5 Å². The van der Waals surface area contributed by atoms with Crippen LogP contribution in [0.15, 0.2) is 50.4 Å². The third kappa shape index (κ3) is 3.89. The van der Waals surface area contributed by atoms with Gasteiger partial charge in [-0.25, -0.2) is 13.4 Å². The van der Waals surface area contributed by atoms with Crippen molar-refractivity contribution < 1.29 is 8.42 Å². The highest BCUT2D eigenvalue weighted by Crippen LogP contribution is 2.27. The van der Waals surface area contributed by atoms with E-state index < -0.39 is 10.0 Å². The predicted octanol–water partition coefficient (Wildman–Crippen LogP) is 4.01. The van der Waals surface area contributed by atoms with Gasteiger partial charge in [-0.1, -0.05) is 15.9 Å². The molecule has 0 atom stereocenters. The lowest BCUT2D eigenvalue weighted by molar-refractivity contribution is 0.600. The molecule has 0 saturated heterocycles. The summed E-state index contributed by atoms with van der Waals surface area (Å²) in [6, 6.07) is 8.35. The summed E-state index contributed by atoms with van der Waals surface area (Å²) in [7, 11) is -3.67. The summed E-state index contributed by atoms with van der Waals surface area (Å²) in [5, 5.41) is 0. The van der Waals surface area contributed by atoms with Gasteiger partial charge in [-0.05, 0) is 68.9 Å². The first kappa shape index (κ1) is 15.2. The minimum absolute atomic E-state index is 0.155. The molecule has 0 amide bonds. The van der Waals surface area contributed by atoms with E-state index in [4.69, 9.17) is 0 Å². The van der Waals surface area contributed by atoms with Crippen LogP contribution in [-0.2, 0) is 10.0 Å². The zero-order valence-corrected chi connectivity index (χ0v) is 15.4.